The average molecular weight is 1540 g/mol. The van der Waals surface area contributed by atoms with E-state index in [4.69, 9.17) is 0 Å². The van der Waals surface area contributed by atoms with Gasteiger partial charge in [-0.25, -0.2) is 33.7 Å². The smallest absolute Gasteiger partial charge is 0.214 e. The Morgan fingerprint density at radius 1 is 0.311 bits per heavy atom. The number of aromatic hydroxyl groups is 2. The Hall–Kier alpha value is -4.48. The molecule has 7 aromatic rings. The Kier molecular flexibility index (Phi) is 31.2. The summed E-state index contributed by atoms with van der Waals surface area (Å²) in [5.74, 6) is -5.92. The molecular weight excluding hydrogens is 1440 g/mol. The zero-order valence-electron chi connectivity index (χ0n) is 59.1. The van der Waals surface area contributed by atoms with Crippen LogP contribution in [0.3, 0.4) is 0 Å². The van der Waals surface area contributed by atoms with Gasteiger partial charge in [-0.15, -0.1) is 23.8 Å². The molecule has 20 heteroatoms. The van der Waals surface area contributed by atoms with E-state index in [0.29, 0.717) is 23.8 Å². The van der Waals surface area contributed by atoms with Crippen LogP contribution in [0.4, 0.5) is 0 Å². The number of fused-ring (bicyclic) bond motifs is 8. The summed E-state index contributed by atoms with van der Waals surface area (Å²) in [7, 11) is -20.1. The number of phenolic OH excluding ortho intramolecular Hbond substituents is 2. The van der Waals surface area contributed by atoms with Gasteiger partial charge in [-0.3, -0.25) is 0 Å². The van der Waals surface area contributed by atoms with Crippen molar-refractivity contribution < 1.29 is 78.0 Å². The fourth-order valence-corrected chi connectivity index (χ4v) is 14.1. The second-order valence-electron chi connectivity index (χ2n) is 27.2. The molecule has 0 radical (unpaired) electrons. The first kappa shape index (κ1) is 83.5. The van der Waals surface area contributed by atoms with Crippen molar-refractivity contribution >= 4 is 63.1 Å². The molecular formula is C70H99O12P3S4W-4. The van der Waals surface area contributed by atoms with Gasteiger partial charge in [0, 0.05) is 21.1 Å². The van der Waals surface area contributed by atoms with Crippen LogP contribution in [0.1, 0.15) is 125 Å². The van der Waals surface area contributed by atoms with Crippen molar-refractivity contribution in [2.24, 2.45) is 0 Å². The molecule has 12 nitrogen and oxygen atoms in total. The van der Waals surface area contributed by atoms with Gasteiger partial charge in [0.2, 0.25) is 39.3 Å². The molecule has 0 spiro atoms. The predicted octanol–water partition coefficient (Wildman–Crippen LogP) is 16.4. The van der Waals surface area contributed by atoms with Crippen LogP contribution in [0.15, 0.2) is 179 Å². The standard InChI is InChI=1S/C40H48O12S4.3C7H8.3C3H9P.W.2H/c1-37(2,3)21-13-25-33(41)26(14-21)54(47,48)28-16-23(39(7,8)9)18-30(35(28)43)56(51,52)32-20-24(40(10,11)12)19-31(36(32)44)55(49,50)29-17-22(38(4,5)6)15-27(34(29)42)53(25,45)46;3*1-7-5-3-2-4-6-7;3*1-4(2)3;;;/h13-20,41-44H,1-12H3;3*2-6H,1H3;3*1-3H3;;;/q;;;;;;;;2*-1/p-2. The van der Waals surface area contributed by atoms with Crippen molar-refractivity contribution in [1.29, 1.82) is 0 Å². The van der Waals surface area contributed by atoms with Crippen molar-refractivity contribution in [3.05, 3.63) is 178 Å². The van der Waals surface area contributed by atoms with Crippen LogP contribution in [0, 0.1) is 20.8 Å². The summed E-state index contributed by atoms with van der Waals surface area (Å²) in [6, 6.07) is 38.4. The molecule has 0 atom stereocenters. The minimum absolute atomic E-state index is 0. The summed E-state index contributed by atoms with van der Waals surface area (Å²) in [4.78, 5) is -8.85. The Morgan fingerprint density at radius 3 is 0.578 bits per heavy atom. The molecule has 2 N–H and O–H groups in total. The number of rotatable bonds is 0. The van der Waals surface area contributed by atoms with Crippen LogP contribution in [0.25, 0.3) is 0 Å². The van der Waals surface area contributed by atoms with Crippen LogP contribution >= 0.6 is 23.8 Å². The summed E-state index contributed by atoms with van der Waals surface area (Å²) in [6.07, 6.45) is 0. The Bertz CT molecular complexity index is 3350. The van der Waals surface area contributed by atoms with E-state index in [9.17, 15) is 54.1 Å². The van der Waals surface area contributed by atoms with Crippen LogP contribution < -0.4 is 10.2 Å². The van der Waals surface area contributed by atoms with Gasteiger partial charge in [0.25, 0.3) is 0 Å². The van der Waals surface area contributed by atoms with Gasteiger partial charge >= 0.3 is 0 Å². The van der Waals surface area contributed by atoms with Crippen LogP contribution in [-0.2, 0) is 82.1 Å². The summed E-state index contributed by atoms with van der Waals surface area (Å²) in [6.45, 7) is 45.6. The predicted molar refractivity (Wildman–Crippen MR) is 374 cm³/mol. The normalized spacial score (nSPS) is 14.2. The Balaban J connectivity index is 0. The van der Waals surface area contributed by atoms with Crippen LogP contribution in [0.5, 0.6) is 23.0 Å². The average Bonchev–Trinajstić information content (AvgIpc) is 0.725. The minimum atomic E-state index is -5.37. The third-order valence-electron chi connectivity index (χ3n) is 12.7. The third kappa shape index (κ3) is 23.5. The van der Waals surface area contributed by atoms with Gasteiger partial charge in [0.15, 0.2) is 11.5 Å². The second-order valence-corrected chi connectivity index (χ2v) is 42.8. The molecule has 500 valence electrons. The molecule has 0 saturated carbocycles. The molecule has 8 bridgehead atoms. The van der Waals surface area contributed by atoms with Gasteiger partial charge in [-0.1, -0.05) is 202 Å². The van der Waals surface area contributed by atoms with Crippen molar-refractivity contribution in [1.82, 2.24) is 0 Å². The van der Waals surface area contributed by atoms with E-state index in [2.05, 4.69) is 117 Å². The molecule has 1 aliphatic rings. The third-order valence-corrected chi connectivity index (χ3v) is 19.8. The SMILES string of the molecule is CC(C)(C)c1cc2c([O-])c(c1)S(=O)(=O)c1cc(C(C)(C)C)cc(c1O)S(=O)(=O)c1cc(C(C)(C)C)cc(c1O)S(=O)(=O)c1cc(C(C)(C)C)cc(c1[O-])S2(=O)=O.CP(C)C.CP(C)C.CP(C)C.Cc1ccccc1.Cc1ccccc1.Cc1ccccc1.[H-].[H-].[W]. The maximum absolute atomic E-state index is 14.8. The molecule has 0 unspecified atom stereocenters. The number of phenols is 2. The number of sulfone groups is 4. The van der Waals surface area contributed by atoms with Gasteiger partial charge in [-0.2, -0.15) is 0 Å². The van der Waals surface area contributed by atoms with E-state index in [0.717, 1.165) is 48.5 Å². The zero-order chi connectivity index (χ0) is 69.0. The van der Waals surface area contributed by atoms with Crippen molar-refractivity contribution in [3.8, 4) is 23.0 Å². The molecule has 90 heavy (non-hydrogen) atoms. The minimum Gasteiger partial charge on any atom is -1.00 e. The first-order valence-electron chi connectivity index (χ1n) is 28.7. The number of benzene rings is 7. The van der Waals surface area contributed by atoms with Crippen LogP contribution in [0.2, 0.25) is 0 Å². The molecule has 0 aromatic heterocycles. The van der Waals surface area contributed by atoms with Gasteiger partial charge in [0.05, 0.1) is 19.6 Å². The van der Waals surface area contributed by atoms with E-state index in [1.165, 1.54) is 16.7 Å². The zero-order valence-corrected chi connectivity index (χ0v) is 66.0. The summed E-state index contributed by atoms with van der Waals surface area (Å²) < 4.78 is 118. The van der Waals surface area contributed by atoms with Gasteiger partial charge in [0.1, 0.15) is 19.6 Å². The molecule has 1 aliphatic heterocycles. The second kappa shape index (κ2) is 33.6. The number of aryl methyl sites for hydroxylation is 3. The van der Waals surface area contributed by atoms with Crippen LogP contribution in [-0.4, -0.2) is 104 Å². The Morgan fingerprint density at radius 2 is 0.444 bits per heavy atom. The maximum Gasteiger partial charge on any atom is 0.214 e. The van der Waals surface area contributed by atoms with E-state index < -0.39 is 123 Å². The summed E-state index contributed by atoms with van der Waals surface area (Å²) in [5.41, 5.74) is -0.109. The van der Waals surface area contributed by atoms with E-state index >= 15 is 0 Å². The quantitative estimate of drug-likeness (QED) is 0.135. The molecule has 8 rings (SSSR count). The summed E-state index contributed by atoms with van der Waals surface area (Å²) in [5, 5.41) is 52.3. The molecule has 7 aromatic carbocycles. The molecule has 0 saturated heterocycles. The number of hydrogen-bond acceptors (Lipinski definition) is 12. The first-order chi connectivity index (χ1) is 40.3. The molecule has 0 fully saturated rings. The fourth-order valence-electron chi connectivity index (χ4n) is 7.74. The van der Waals surface area contributed by atoms with Crippen molar-refractivity contribution in [3.63, 3.8) is 0 Å². The van der Waals surface area contributed by atoms with Gasteiger partial charge in [-0.05, 0) is 173 Å². The maximum atomic E-state index is 14.8. The Labute approximate surface area is 563 Å². The molecule has 0 amide bonds. The van der Waals surface area contributed by atoms with Gasteiger partial charge < -0.3 is 23.3 Å². The first-order valence-corrected chi connectivity index (χ1v) is 42.7. The molecule has 1 heterocycles. The number of hydrogen-bond donors (Lipinski definition) is 2. The van der Waals surface area contributed by atoms with E-state index in [-0.39, 0.29) is 46.2 Å². The topological polar surface area (TPSA) is 223 Å². The van der Waals surface area contributed by atoms with E-state index in [1.807, 2.05) is 54.6 Å². The van der Waals surface area contributed by atoms with E-state index in [1.54, 1.807) is 83.1 Å². The molecule has 0 aliphatic carbocycles. The largest absolute Gasteiger partial charge is 1.00 e. The summed E-state index contributed by atoms with van der Waals surface area (Å²) >= 11 is 0. The van der Waals surface area contributed by atoms with Crippen molar-refractivity contribution in [2.75, 3.05) is 60.0 Å². The fraction of sp³-hybridized carbons (Fsp3) is 0.400. The van der Waals surface area contributed by atoms with Crippen molar-refractivity contribution in [2.45, 2.75) is 165 Å². The monoisotopic (exact) mass is 1540 g/mol.